The molecule has 122 valence electrons. The van der Waals surface area contributed by atoms with E-state index in [1.54, 1.807) is 13.0 Å². The van der Waals surface area contributed by atoms with Crippen molar-refractivity contribution in [1.29, 1.82) is 5.26 Å². The molecule has 2 amide bonds. The smallest absolute Gasteiger partial charge is 0.238 e. The average molecular weight is 316 g/mol. The van der Waals surface area contributed by atoms with Gasteiger partial charge in [0.15, 0.2) is 0 Å². The standard InChI is InChI=1S/C16H20N4O3/c1-12(21)19-7-9-20(10-8-19)13-3-4-14(15(11-13)23-2)18-16(22)5-6-17/h3-4,11H,5,7-10H2,1-2H3,(H,18,22). The highest BCUT2D eigenvalue weighted by atomic mass is 16.5. The maximum absolute atomic E-state index is 11.5. The second-order valence-corrected chi connectivity index (χ2v) is 5.26. The normalized spacial score (nSPS) is 14.1. The average Bonchev–Trinajstić information content (AvgIpc) is 2.55. The number of amides is 2. The Hall–Kier alpha value is -2.75. The fraction of sp³-hybridized carbons (Fsp3) is 0.438. The van der Waals surface area contributed by atoms with E-state index in [1.165, 1.54) is 7.11 Å². The summed E-state index contributed by atoms with van der Waals surface area (Å²) in [7, 11) is 1.53. The number of nitriles is 1. The molecule has 1 N–H and O–H groups in total. The minimum atomic E-state index is -0.367. The number of benzene rings is 1. The van der Waals surface area contributed by atoms with Gasteiger partial charge in [0.1, 0.15) is 12.2 Å². The number of piperazine rings is 1. The predicted molar refractivity (Wildman–Crippen MR) is 86.3 cm³/mol. The molecule has 0 aromatic heterocycles. The molecule has 7 nitrogen and oxygen atoms in total. The molecule has 1 saturated heterocycles. The van der Waals surface area contributed by atoms with E-state index in [1.807, 2.05) is 23.1 Å². The van der Waals surface area contributed by atoms with Gasteiger partial charge in [-0.3, -0.25) is 9.59 Å². The molecule has 1 aliphatic rings. The molecule has 0 saturated carbocycles. The Morgan fingerprint density at radius 1 is 1.30 bits per heavy atom. The van der Waals surface area contributed by atoms with E-state index in [0.717, 1.165) is 18.8 Å². The third-order valence-electron chi connectivity index (χ3n) is 3.79. The molecule has 0 bridgehead atoms. The van der Waals surface area contributed by atoms with E-state index >= 15 is 0 Å². The van der Waals surface area contributed by atoms with Crippen molar-refractivity contribution < 1.29 is 14.3 Å². The highest BCUT2D eigenvalue weighted by molar-refractivity contribution is 5.93. The van der Waals surface area contributed by atoms with Gasteiger partial charge in [0.05, 0.1) is 18.9 Å². The van der Waals surface area contributed by atoms with Crippen molar-refractivity contribution in [2.24, 2.45) is 0 Å². The van der Waals surface area contributed by atoms with Crippen LogP contribution in [0.1, 0.15) is 13.3 Å². The molecular weight excluding hydrogens is 296 g/mol. The van der Waals surface area contributed by atoms with Crippen LogP contribution in [0.3, 0.4) is 0 Å². The zero-order chi connectivity index (χ0) is 16.8. The molecule has 2 rings (SSSR count). The summed E-state index contributed by atoms with van der Waals surface area (Å²) in [5.41, 5.74) is 1.52. The summed E-state index contributed by atoms with van der Waals surface area (Å²) in [6, 6.07) is 7.32. The summed E-state index contributed by atoms with van der Waals surface area (Å²) >= 11 is 0. The van der Waals surface area contributed by atoms with Gasteiger partial charge in [-0.15, -0.1) is 0 Å². The van der Waals surface area contributed by atoms with Gasteiger partial charge in [-0.2, -0.15) is 5.26 Å². The van der Waals surface area contributed by atoms with Gasteiger partial charge in [0.25, 0.3) is 0 Å². The van der Waals surface area contributed by atoms with Crippen molar-refractivity contribution in [2.45, 2.75) is 13.3 Å². The molecular formula is C16H20N4O3. The second-order valence-electron chi connectivity index (χ2n) is 5.26. The van der Waals surface area contributed by atoms with E-state index in [9.17, 15) is 9.59 Å². The van der Waals surface area contributed by atoms with Crippen molar-refractivity contribution in [3.63, 3.8) is 0 Å². The van der Waals surface area contributed by atoms with Crippen molar-refractivity contribution in [3.05, 3.63) is 18.2 Å². The summed E-state index contributed by atoms with van der Waals surface area (Å²) < 4.78 is 5.33. The van der Waals surface area contributed by atoms with Crippen LogP contribution in [-0.4, -0.2) is 50.0 Å². The number of ether oxygens (including phenoxy) is 1. The SMILES string of the molecule is COc1cc(N2CCN(C(C)=O)CC2)ccc1NC(=O)CC#N. The van der Waals surface area contributed by atoms with Crippen molar-refractivity contribution >= 4 is 23.2 Å². The number of nitrogens with zero attached hydrogens (tertiary/aromatic N) is 3. The Morgan fingerprint density at radius 2 is 2.00 bits per heavy atom. The van der Waals surface area contributed by atoms with E-state index in [0.29, 0.717) is 24.5 Å². The van der Waals surface area contributed by atoms with Crippen LogP contribution in [0.5, 0.6) is 5.75 Å². The lowest BCUT2D eigenvalue weighted by Crippen LogP contribution is -2.48. The Morgan fingerprint density at radius 3 is 2.57 bits per heavy atom. The van der Waals surface area contributed by atoms with Crippen molar-refractivity contribution in [1.82, 2.24) is 4.90 Å². The van der Waals surface area contributed by atoms with E-state index in [-0.39, 0.29) is 18.2 Å². The molecule has 1 fully saturated rings. The molecule has 0 unspecified atom stereocenters. The van der Waals surface area contributed by atoms with Gasteiger partial charge in [-0.25, -0.2) is 0 Å². The van der Waals surface area contributed by atoms with Crippen LogP contribution in [0.15, 0.2) is 18.2 Å². The van der Waals surface area contributed by atoms with Crippen LogP contribution >= 0.6 is 0 Å². The maximum Gasteiger partial charge on any atom is 0.238 e. The van der Waals surface area contributed by atoms with E-state index < -0.39 is 0 Å². The van der Waals surface area contributed by atoms with Crippen molar-refractivity contribution in [2.75, 3.05) is 43.5 Å². The number of rotatable bonds is 4. The quantitative estimate of drug-likeness (QED) is 0.902. The molecule has 0 aliphatic carbocycles. The molecule has 1 aromatic carbocycles. The van der Waals surface area contributed by atoms with Crippen LogP contribution in [0.4, 0.5) is 11.4 Å². The minimum absolute atomic E-state index is 0.0952. The number of hydrogen-bond acceptors (Lipinski definition) is 5. The second kappa shape index (κ2) is 7.49. The van der Waals surface area contributed by atoms with Crippen LogP contribution in [-0.2, 0) is 9.59 Å². The Kier molecular flexibility index (Phi) is 5.41. The van der Waals surface area contributed by atoms with Crippen molar-refractivity contribution in [3.8, 4) is 11.8 Å². The maximum atomic E-state index is 11.5. The number of nitrogens with one attached hydrogen (secondary N) is 1. The van der Waals surface area contributed by atoms with Crippen LogP contribution < -0.4 is 15.0 Å². The van der Waals surface area contributed by atoms with Gasteiger partial charge in [0, 0.05) is 44.9 Å². The molecule has 1 heterocycles. The first-order valence-corrected chi connectivity index (χ1v) is 7.40. The lowest BCUT2D eigenvalue weighted by Gasteiger charge is -2.35. The fourth-order valence-corrected chi connectivity index (χ4v) is 2.53. The highest BCUT2D eigenvalue weighted by Gasteiger charge is 2.19. The Balaban J connectivity index is 2.09. The zero-order valence-corrected chi connectivity index (χ0v) is 13.3. The van der Waals surface area contributed by atoms with Gasteiger partial charge < -0.3 is 19.9 Å². The monoisotopic (exact) mass is 316 g/mol. The summed E-state index contributed by atoms with van der Waals surface area (Å²) in [4.78, 5) is 26.9. The van der Waals surface area contributed by atoms with E-state index in [4.69, 9.17) is 10.00 Å². The Labute approximate surface area is 135 Å². The lowest BCUT2D eigenvalue weighted by atomic mass is 10.2. The minimum Gasteiger partial charge on any atom is -0.494 e. The number of carbonyl (C=O) groups is 2. The van der Waals surface area contributed by atoms with Crippen LogP contribution in [0.25, 0.3) is 0 Å². The molecule has 1 aliphatic heterocycles. The van der Waals surface area contributed by atoms with Gasteiger partial charge in [-0.05, 0) is 12.1 Å². The fourth-order valence-electron chi connectivity index (χ4n) is 2.53. The molecule has 7 heteroatoms. The number of methoxy groups -OCH3 is 1. The molecule has 23 heavy (non-hydrogen) atoms. The molecule has 0 spiro atoms. The third kappa shape index (κ3) is 4.13. The predicted octanol–water partition coefficient (Wildman–Crippen LogP) is 1.22. The highest BCUT2D eigenvalue weighted by Crippen LogP contribution is 2.30. The molecule has 0 radical (unpaired) electrons. The van der Waals surface area contributed by atoms with E-state index in [2.05, 4.69) is 10.2 Å². The van der Waals surface area contributed by atoms with Crippen LogP contribution in [0, 0.1) is 11.3 Å². The topological polar surface area (TPSA) is 85.7 Å². The first-order valence-electron chi connectivity index (χ1n) is 7.40. The zero-order valence-electron chi connectivity index (χ0n) is 13.3. The first kappa shape index (κ1) is 16.6. The first-order chi connectivity index (χ1) is 11.0. The third-order valence-corrected chi connectivity index (χ3v) is 3.79. The summed E-state index contributed by atoms with van der Waals surface area (Å²) in [6.07, 6.45) is -0.197. The molecule has 1 aromatic rings. The number of carbonyl (C=O) groups excluding carboxylic acids is 2. The lowest BCUT2D eigenvalue weighted by molar-refractivity contribution is -0.129. The van der Waals surface area contributed by atoms with Gasteiger partial charge >= 0.3 is 0 Å². The van der Waals surface area contributed by atoms with Crippen LogP contribution in [0.2, 0.25) is 0 Å². The summed E-state index contributed by atoms with van der Waals surface area (Å²) in [5.74, 6) is 0.272. The van der Waals surface area contributed by atoms with Gasteiger partial charge in [0.2, 0.25) is 11.8 Å². The number of anilines is 2. The largest absolute Gasteiger partial charge is 0.494 e. The number of hydrogen-bond donors (Lipinski definition) is 1. The Bertz CT molecular complexity index is 631. The molecule has 0 atom stereocenters. The summed E-state index contributed by atoms with van der Waals surface area (Å²) in [5, 5.41) is 11.2. The van der Waals surface area contributed by atoms with Gasteiger partial charge in [-0.1, -0.05) is 0 Å². The summed E-state index contributed by atoms with van der Waals surface area (Å²) in [6.45, 7) is 4.47.